The van der Waals surface area contributed by atoms with Gasteiger partial charge < -0.3 is 10.2 Å². The van der Waals surface area contributed by atoms with E-state index in [-0.39, 0.29) is 5.69 Å². The fraction of sp³-hybridized carbons (Fsp3) is 0.444. The zero-order valence-electron chi connectivity index (χ0n) is 14.8. The third kappa shape index (κ3) is 5.38. The number of urea groups is 1. The van der Waals surface area contributed by atoms with Crippen molar-refractivity contribution in [1.29, 1.82) is 0 Å². The number of aromatic nitrogens is 1. The number of benzene rings is 1. The predicted molar refractivity (Wildman–Crippen MR) is 102 cm³/mol. The van der Waals surface area contributed by atoms with E-state index in [0.717, 1.165) is 34.7 Å². The number of piperidine rings is 1. The van der Waals surface area contributed by atoms with Crippen LogP contribution < -0.4 is 5.32 Å². The van der Waals surface area contributed by atoms with Gasteiger partial charge in [-0.25, -0.2) is 9.78 Å². The normalized spacial score (nSPS) is 15.8. The van der Waals surface area contributed by atoms with Crippen LogP contribution in [0.15, 0.2) is 34.0 Å². The Kier molecular flexibility index (Phi) is 6.31. The molecular weight excluding hydrogens is 395 g/mol. The van der Waals surface area contributed by atoms with E-state index in [4.69, 9.17) is 0 Å². The second kappa shape index (κ2) is 8.52. The molecule has 0 radical (unpaired) electrons. The number of nitrogens with one attached hydrogen (secondary N) is 1. The van der Waals surface area contributed by atoms with Gasteiger partial charge in [-0.2, -0.15) is 13.2 Å². The molecule has 27 heavy (non-hydrogen) atoms. The SMILES string of the molecule is Cc1csc(SCC2CCN(C(=O)Nc3ccccc3C(F)(F)F)CC2)n1. The molecule has 1 aromatic carbocycles. The number of alkyl halides is 3. The summed E-state index contributed by atoms with van der Waals surface area (Å²) in [6.45, 7) is 3.05. The number of carbonyl (C=O) groups excluding carboxylic acids is 1. The Morgan fingerprint density at radius 3 is 2.67 bits per heavy atom. The lowest BCUT2D eigenvalue weighted by Crippen LogP contribution is -2.41. The van der Waals surface area contributed by atoms with Gasteiger partial charge in [0, 0.05) is 29.9 Å². The largest absolute Gasteiger partial charge is 0.418 e. The maximum absolute atomic E-state index is 13.0. The van der Waals surface area contributed by atoms with Crippen molar-refractivity contribution >= 4 is 34.8 Å². The highest BCUT2D eigenvalue weighted by Gasteiger charge is 2.34. The maximum Gasteiger partial charge on any atom is 0.418 e. The van der Waals surface area contributed by atoms with Gasteiger partial charge in [-0.3, -0.25) is 0 Å². The number of rotatable bonds is 4. The topological polar surface area (TPSA) is 45.2 Å². The molecule has 2 aromatic rings. The standard InChI is InChI=1S/C18H20F3N3OS2/c1-12-10-26-17(22-12)27-11-13-6-8-24(9-7-13)16(25)23-15-5-3-2-4-14(15)18(19,20)21/h2-5,10,13H,6-9,11H2,1H3,(H,23,25). The number of hydrogen-bond acceptors (Lipinski definition) is 4. The van der Waals surface area contributed by atoms with E-state index in [2.05, 4.69) is 10.3 Å². The maximum atomic E-state index is 13.0. The fourth-order valence-corrected chi connectivity index (χ4v) is 4.99. The van der Waals surface area contributed by atoms with E-state index in [1.165, 1.54) is 18.2 Å². The Morgan fingerprint density at radius 1 is 1.33 bits per heavy atom. The van der Waals surface area contributed by atoms with Crippen LogP contribution in [-0.4, -0.2) is 34.8 Å². The first-order valence-electron chi connectivity index (χ1n) is 8.60. The van der Waals surface area contributed by atoms with Crippen LogP contribution in [0.4, 0.5) is 23.7 Å². The van der Waals surface area contributed by atoms with Crippen molar-refractivity contribution in [3.05, 3.63) is 40.9 Å². The number of thioether (sulfide) groups is 1. The quantitative estimate of drug-likeness (QED) is 0.670. The van der Waals surface area contributed by atoms with E-state index in [1.807, 2.05) is 12.3 Å². The van der Waals surface area contributed by atoms with Gasteiger partial charge in [0.15, 0.2) is 0 Å². The lowest BCUT2D eigenvalue weighted by atomic mass is 9.99. The average molecular weight is 416 g/mol. The molecule has 0 saturated carbocycles. The van der Waals surface area contributed by atoms with Gasteiger partial charge in [0.25, 0.3) is 0 Å². The van der Waals surface area contributed by atoms with E-state index < -0.39 is 17.8 Å². The summed E-state index contributed by atoms with van der Waals surface area (Å²) in [5, 5.41) is 4.44. The molecule has 4 nitrogen and oxygen atoms in total. The van der Waals surface area contributed by atoms with Crippen LogP contribution in [-0.2, 0) is 6.18 Å². The Labute approximate surface area is 164 Å². The van der Waals surface area contributed by atoms with E-state index in [9.17, 15) is 18.0 Å². The lowest BCUT2D eigenvalue weighted by molar-refractivity contribution is -0.136. The Bertz CT molecular complexity index is 786. The van der Waals surface area contributed by atoms with Gasteiger partial charge in [0.05, 0.1) is 11.3 Å². The van der Waals surface area contributed by atoms with Crippen LogP contribution in [0, 0.1) is 12.8 Å². The number of amides is 2. The highest BCUT2D eigenvalue weighted by Crippen LogP contribution is 2.35. The predicted octanol–water partition coefficient (Wildman–Crippen LogP) is 5.51. The van der Waals surface area contributed by atoms with Gasteiger partial charge >= 0.3 is 12.2 Å². The second-order valence-electron chi connectivity index (χ2n) is 6.47. The molecule has 1 aliphatic heterocycles. The molecule has 0 bridgehead atoms. The van der Waals surface area contributed by atoms with Crippen LogP contribution in [0.1, 0.15) is 24.1 Å². The summed E-state index contributed by atoms with van der Waals surface area (Å²) in [4.78, 5) is 18.4. The molecule has 0 atom stereocenters. The Hall–Kier alpha value is -1.74. The number of halogens is 3. The minimum absolute atomic E-state index is 0.202. The summed E-state index contributed by atoms with van der Waals surface area (Å²) in [5.41, 5.74) is -0.0108. The van der Waals surface area contributed by atoms with Crippen molar-refractivity contribution in [2.75, 3.05) is 24.2 Å². The molecule has 0 aliphatic carbocycles. The number of carbonyl (C=O) groups is 1. The van der Waals surface area contributed by atoms with Crippen molar-refractivity contribution in [2.24, 2.45) is 5.92 Å². The molecule has 0 unspecified atom stereocenters. The fourth-order valence-electron chi connectivity index (χ4n) is 2.92. The highest BCUT2D eigenvalue weighted by molar-refractivity contribution is 8.01. The Balaban J connectivity index is 1.50. The molecule has 2 heterocycles. The zero-order chi connectivity index (χ0) is 19.4. The van der Waals surface area contributed by atoms with Gasteiger partial charge in [-0.05, 0) is 37.8 Å². The Morgan fingerprint density at radius 2 is 2.04 bits per heavy atom. The lowest BCUT2D eigenvalue weighted by Gasteiger charge is -2.32. The van der Waals surface area contributed by atoms with Gasteiger partial charge in [-0.1, -0.05) is 23.9 Å². The van der Waals surface area contributed by atoms with Crippen LogP contribution in [0.3, 0.4) is 0 Å². The van der Waals surface area contributed by atoms with Crippen LogP contribution in [0.2, 0.25) is 0 Å². The number of thiazole rings is 1. The smallest absolute Gasteiger partial charge is 0.325 e. The van der Waals surface area contributed by atoms with Gasteiger partial charge in [-0.15, -0.1) is 11.3 Å². The minimum Gasteiger partial charge on any atom is -0.325 e. The number of anilines is 1. The molecule has 3 rings (SSSR count). The molecule has 1 fully saturated rings. The van der Waals surface area contributed by atoms with Crippen molar-refractivity contribution in [1.82, 2.24) is 9.88 Å². The molecule has 1 N–H and O–H groups in total. The van der Waals surface area contributed by atoms with Gasteiger partial charge in [0.1, 0.15) is 4.34 Å². The first-order chi connectivity index (χ1) is 12.8. The highest BCUT2D eigenvalue weighted by atomic mass is 32.2. The average Bonchev–Trinajstić information content (AvgIpc) is 3.05. The molecule has 0 spiro atoms. The second-order valence-corrected chi connectivity index (χ2v) is 8.59. The van der Waals surface area contributed by atoms with Gasteiger partial charge in [0.2, 0.25) is 0 Å². The number of hydrogen-bond donors (Lipinski definition) is 1. The van der Waals surface area contributed by atoms with Crippen LogP contribution >= 0.6 is 23.1 Å². The molecule has 9 heteroatoms. The summed E-state index contributed by atoms with van der Waals surface area (Å²) < 4.78 is 40.2. The number of likely N-dealkylation sites (tertiary alicyclic amines) is 1. The third-order valence-corrected chi connectivity index (χ3v) is 6.79. The summed E-state index contributed by atoms with van der Waals surface area (Å²) in [6, 6.07) is 4.56. The monoisotopic (exact) mass is 415 g/mol. The summed E-state index contributed by atoms with van der Waals surface area (Å²) in [6.07, 6.45) is -2.82. The third-order valence-electron chi connectivity index (χ3n) is 4.42. The molecular formula is C18H20F3N3OS2. The molecule has 2 amide bonds. The molecule has 1 saturated heterocycles. The van der Waals surface area contributed by atoms with Crippen LogP contribution in [0.25, 0.3) is 0 Å². The molecule has 1 aliphatic rings. The van der Waals surface area contributed by atoms with Crippen molar-refractivity contribution in [2.45, 2.75) is 30.3 Å². The molecule has 146 valence electrons. The molecule has 1 aromatic heterocycles. The first-order valence-corrected chi connectivity index (χ1v) is 10.5. The van der Waals surface area contributed by atoms with Crippen LogP contribution in [0.5, 0.6) is 0 Å². The van der Waals surface area contributed by atoms with Crippen molar-refractivity contribution < 1.29 is 18.0 Å². The summed E-state index contributed by atoms with van der Waals surface area (Å²) >= 11 is 3.36. The summed E-state index contributed by atoms with van der Waals surface area (Å²) in [7, 11) is 0. The van der Waals surface area contributed by atoms with E-state index in [1.54, 1.807) is 28.0 Å². The van der Waals surface area contributed by atoms with E-state index >= 15 is 0 Å². The van der Waals surface area contributed by atoms with Crippen molar-refractivity contribution in [3.63, 3.8) is 0 Å². The van der Waals surface area contributed by atoms with E-state index in [0.29, 0.717) is 19.0 Å². The number of para-hydroxylation sites is 1. The first kappa shape index (κ1) is 20.0. The zero-order valence-corrected chi connectivity index (χ0v) is 16.4. The number of nitrogens with zero attached hydrogens (tertiary/aromatic N) is 2. The number of aryl methyl sites for hydroxylation is 1. The summed E-state index contributed by atoms with van der Waals surface area (Å²) in [5.74, 6) is 1.42. The van der Waals surface area contributed by atoms with Crippen molar-refractivity contribution in [3.8, 4) is 0 Å². The minimum atomic E-state index is -4.50.